The molecule has 2 aromatic rings. The second kappa shape index (κ2) is 6.48. The molecule has 0 aliphatic carbocycles. The number of para-hydroxylation sites is 2. The van der Waals surface area contributed by atoms with Gasteiger partial charge in [-0.05, 0) is 42.7 Å². The third-order valence-corrected chi connectivity index (χ3v) is 5.10. The minimum atomic E-state index is -0.573. The van der Waals surface area contributed by atoms with Crippen LogP contribution in [-0.2, 0) is 4.79 Å². The Balaban J connectivity index is 1.52. The van der Waals surface area contributed by atoms with Crippen molar-refractivity contribution in [1.82, 2.24) is 4.90 Å². The normalized spacial score (nSPS) is 22.5. The lowest BCUT2D eigenvalue weighted by Crippen LogP contribution is -2.46. The monoisotopic (exact) mass is 387 g/mol. The Kier molecular flexibility index (Phi) is 4.19. The maximum absolute atomic E-state index is 13.0. The molecule has 2 heterocycles. The number of carbonyl (C=O) groups is 1. The summed E-state index contributed by atoms with van der Waals surface area (Å²) in [6.45, 7) is 1.03. The standard InChI is InChI=1S/C19H18BrNO3/c20-14-9-7-13(8-10-14)15-4-3-11-21(15)19(22)18-12-23-16-5-1-2-6-17(16)24-18/h1-2,5-10,15,18H,3-4,11-12H2. The van der Waals surface area contributed by atoms with E-state index in [2.05, 4.69) is 28.1 Å². The summed E-state index contributed by atoms with van der Waals surface area (Å²) in [4.78, 5) is 14.9. The molecule has 2 aromatic carbocycles. The molecule has 0 aromatic heterocycles. The van der Waals surface area contributed by atoms with Crippen molar-refractivity contribution in [2.45, 2.75) is 25.0 Å². The number of nitrogens with zero attached hydrogens (tertiary/aromatic N) is 1. The molecule has 0 N–H and O–H groups in total. The van der Waals surface area contributed by atoms with Gasteiger partial charge >= 0.3 is 0 Å². The molecular formula is C19H18BrNO3. The number of likely N-dealkylation sites (tertiary alicyclic amines) is 1. The number of rotatable bonds is 2. The van der Waals surface area contributed by atoms with Crippen molar-refractivity contribution >= 4 is 21.8 Å². The van der Waals surface area contributed by atoms with E-state index in [1.54, 1.807) is 0 Å². The minimum Gasteiger partial charge on any atom is -0.485 e. The number of halogens is 1. The molecule has 24 heavy (non-hydrogen) atoms. The van der Waals surface area contributed by atoms with Gasteiger partial charge < -0.3 is 14.4 Å². The van der Waals surface area contributed by atoms with Crippen LogP contribution in [0.5, 0.6) is 11.5 Å². The van der Waals surface area contributed by atoms with E-state index in [1.807, 2.05) is 41.3 Å². The van der Waals surface area contributed by atoms with Crippen molar-refractivity contribution in [3.8, 4) is 11.5 Å². The summed E-state index contributed by atoms with van der Waals surface area (Å²) < 4.78 is 12.6. The van der Waals surface area contributed by atoms with Crippen LogP contribution in [0.25, 0.3) is 0 Å². The molecular weight excluding hydrogens is 370 g/mol. The fourth-order valence-corrected chi connectivity index (χ4v) is 3.65. The number of benzene rings is 2. The molecule has 0 spiro atoms. The van der Waals surface area contributed by atoms with Gasteiger partial charge in [0, 0.05) is 11.0 Å². The third kappa shape index (κ3) is 2.88. The molecule has 1 fully saturated rings. The Morgan fingerprint density at radius 3 is 2.62 bits per heavy atom. The van der Waals surface area contributed by atoms with Crippen molar-refractivity contribution in [3.05, 3.63) is 58.6 Å². The smallest absolute Gasteiger partial charge is 0.267 e. The van der Waals surface area contributed by atoms with Gasteiger partial charge in [-0.15, -0.1) is 0 Å². The van der Waals surface area contributed by atoms with E-state index in [-0.39, 0.29) is 18.6 Å². The predicted octanol–water partition coefficient (Wildman–Crippen LogP) is 3.95. The SMILES string of the molecule is O=C(C1COc2ccccc2O1)N1CCCC1c1ccc(Br)cc1. The third-order valence-electron chi connectivity index (χ3n) is 4.57. The maximum atomic E-state index is 13.0. The zero-order chi connectivity index (χ0) is 16.5. The van der Waals surface area contributed by atoms with Crippen molar-refractivity contribution in [2.24, 2.45) is 0 Å². The van der Waals surface area contributed by atoms with E-state index in [4.69, 9.17) is 9.47 Å². The molecule has 124 valence electrons. The molecule has 0 radical (unpaired) electrons. The lowest BCUT2D eigenvalue weighted by atomic mass is 10.0. The number of fused-ring (bicyclic) bond motifs is 1. The van der Waals surface area contributed by atoms with Gasteiger partial charge in [-0.3, -0.25) is 4.79 Å². The molecule has 1 saturated heterocycles. The lowest BCUT2D eigenvalue weighted by molar-refractivity contribution is -0.142. The van der Waals surface area contributed by atoms with Crippen LogP contribution in [0.15, 0.2) is 53.0 Å². The van der Waals surface area contributed by atoms with E-state index in [0.29, 0.717) is 11.5 Å². The van der Waals surface area contributed by atoms with Gasteiger partial charge in [-0.25, -0.2) is 0 Å². The molecule has 4 rings (SSSR count). The second-order valence-corrected chi connectivity index (χ2v) is 7.02. The van der Waals surface area contributed by atoms with Crippen LogP contribution >= 0.6 is 15.9 Å². The van der Waals surface area contributed by atoms with Crippen molar-refractivity contribution in [2.75, 3.05) is 13.2 Å². The molecule has 2 unspecified atom stereocenters. The highest BCUT2D eigenvalue weighted by Crippen LogP contribution is 2.35. The average Bonchev–Trinajstić information content (AvgIpc) is 3.11. The lowest BCUT2D eigenvalue weighted by Gasteiger charge is -2.32. The minimum absolute atomic E-state index is 0.00919. The van der Waals surface area contributed by atoms with Gasteiger partial charge in [-0.1, -0.05) is 40.2 Å². The first-order valence-corrected chi connectivity index (χ1v) is 8.96. The van der Waals surface area contributed by atoms with Crippen LogP contribution in [0.4, 0.5) is 0 Å². The van der Waals surface area contributed by atoms with Gasteiger partial charge in [0.25, 0.3) is 5.91 Å². The quantitative estimate of drug-likeness (QED) is 0.782. The molecule has 2 atom stereocenters. The number of hydrogen-bond donors (Lipinski definition) is 0. The summed E-state index contributed by atoms with van der Waals surface area (Å²) in [5, 5.41) is 0. The van der Waals surface area contributed by atoms with Crippen molar-refractivity contribution < 1.29 is 14.3 Å². The first kappa shape index (κ1) is 15.5. The zero-order valence-corrected chi connectivity index (χ0v) is 14.7. The van der Waals surface area contributed by atoms with Crippen LogP contribution in [0.3, 0.4) is 0 Å². The maximum Gasteiger partial charge on any atom is 0.267 e. The summed E-state index contributed by atoms with van der Waals surface area (Å²) >= 11 is 3.46. The van der Waals surface area contributed by atoms with E-state index in [1.165, 1.54) is 5.56 Å². The predicted molar refractivity (Wildman–Crippen MR) is 94.2 cm³/mol. The molecule has 4 nitrogen and oxygen atoms in total. The highest BCUT2D eigenvalue weighted by atomic mass is 79.9. The van der Waals surface area contributed by atoms with E-state index in [9.17, 15) is 4.79 Å². The first-order chi connectivity index (χ1) is 11.7. The topological polar surface area (TPSA) is 38.8 Å². The van der Waals surface area contributed by atoms with Gasteiger partial charge in [0.1, 0.15) is 6.61 Å². The van der Waals surface area contributed by atoms with Crippen molar-refractivity contribution in [1.29, 1.82) is 0 Å². The van der Waals surface area contributed by atoms with Crippen LogP contribution in [0.1, 0.15) is 24.4 Å². The highest BCUT2D eigenvalue weighted by molar-refractivity contribution is 9.10. The van der Waals surface area contributed by atoms with Gasteiger partial charge in [0.15, 0.2) is 11.5 Å². The first-order valence-electron chi connectivity index (χ1n) is 8.17. The van der Waals surface area contributed by atoms with Crippen LogP contribution in [-0.4, -0.2) is 30.1 Å². The Hall–Kier alpha value is -2.01. The number of ether oxygens (including phenoxy) is 2. The molecule has 5 heteroatoms. The molecule has 2 aliphatic rings. The molecule has 0 bridgehead atoms. The molecule has 1 amide bonds. The Labute approximate surface area is 149 Å². The summed E-state index contributed by atoms with van der Waals surface area (Å²) in [7, 11) is 0. The Morgan fingerprint density at radius 1 is 1.08 bits per heavy atom. The fraction of sp³-hybridized carbons (Fsp3) is 0.316. The van der Waals surface area contributed by atoms with Crippen LogP contribution in [0.2, 0.25) is 0 Å². The summed E-state index contributed by atoms with van der Waals surface area (Å²) in [6, 6.07) is 15.8. The fourth-order valence-electron chi connectivity index (χ4n) is 3.39. The van der Waals surface area contributed by atoms with Gasteiger partial charge in [0.05, 0.1) is 6.04 Å². The van der Waals surface area contributed by atoms with Gasteiger partial charge in [-0.2, -0.15) is 0 Å². The van der Waals surface area contributed by atoms with E-state index < -0.39 is 6.10 Å². The number of carbonyl (C=O) groups excluding carboxylic acids is 1. The largest absolute Gasteiger partial charge is 0.485 e. The summed E-state index contributed by atoms with van der Waals surface area (Å²) in [5.74, 6) is 1.35. The van der Waals surface area contributed by atoms with E-state index >= 15 is 0 Å². The highest BCUT2D eigenvalue weighted by Gasteiger charge is 2.37. The average molecular weight is 388 g/mol. The second-order valence-electron chi connectivity index (χ2n) is 6.11. The zero-order valence-electron chi connectivity index (χ0n) is 13.2. The molecule has 2 aliphatic heterocycles. The number of amides is 1. The Bertz CT molecular complexity index is 747. The summed E-state index contributed by atoms with van der Waals surface area (Å²) in [6.07, 6.45) is 1.42. The Morgan fingerprint density at radius 2 is 1.83 bits per heavy atom. The van der Waals surface area contributed by atoms with Gasteiger partial charge in [0.2, 0.25) is 6.10 Å². The van der Waals surface area contributed by atoms with Crippen LogP contribution in [0, 0.1) is 0 Å². The van der Waals surface area contributed by atoms with Crippen molar-refractivity contribution in [3.63, 3.8) is 0 Å². The summed E-state index contributed by atoms with van der Waals surface area (Å²) in [5.41, 5.74) is 1.17. The molecule has 0 saturated carbocycles. The van der Waals surface area contributed by atoms with E-state index in [0.717, 1.165) is 23.9 Å². The number of hydrogen-bond acceptors (Lipinski definition) is 3. The van der Waals surface area contributed by atoms with Crippen LogP contribution < -0.4 is 9.47 Å².